The van der Waals surface area contributed by atoms with Crippen LogP contribution in [0.5, 0.6) is 0 Å². The number of hydrogen-bond donors (Lipinski definition) is 1. The first kappa shape index (κ1) is 12.9. The number of aryl methyl sites for hydroxylation is 1. The topological polar surface area (TPSA) is 12.4 Å². The number of hydrogen-bond acceptors (Lipinski definition) is 2. The van der Waals surface area contributed by atoms with E-state index < -0.39 is 0 Å². The minimum absolute atomic E-state index is 1.20. The van der Waals surface area contributed by atoms with Gasteiger partial charge in [-0.3, -0.25) is 0 Å². The third-order valence-corrected chi connectivity index (χ3v) is 2.85. The van der Waals surface area contributed by atoms with Crippen LogP contribution in [0, 0.1) is 20.8 Å². The molecule has 0 amide bonds. The van der Waals surface area contributed by atoms with E-state index >= 15 is 0 Å². The molecule has 0 bridgehead atoms. The summed E-state index contributed by atoms with van der Waals surface area (Å²) in [6.45, 7) is 6.41. The molecule has 0 fully saturated rings. The molecule has 0 unspecified atom stereocenters. The van der Waals surface area contributed by atoms with Crippen molar-refractivity contribution in [3.8, 4) is 0 Å². The van der Waals surface area contributed by atoms with Crippen molar-refractivity contribution in [1.29, 1.82) is 0 Å². The SMILES string of the molecule is Cc1ccc(Br)c(C)c1C.[B]=NS. The summed E-state index contributed by atoms with van der Waals surface area (Å²) in [6, 6.07) is 4.23. The van der Waals surface area contributed by atoms with Gasteiger partial charge in [-0.25, -0.2) is 0 Å². The van der Waals surface area contributed by atoms with Gasteiger partial charge in [0.1, 0.15) is 0 Å². The third kappa shape index (κ3) is 4.09. The molecule has 1 rings (SSSR count). The van der Waals surface area contributed by atoms with E-state index in [1.807, 2.05) is 0 Å². The number of nitrogens with zero attached hydrogens (tertiary/aromatic N) is 1. The predicted octanol–water partition coefficient (Wildman–Crippen LogP) is 3.56. The van der Waals surface area contributed by atoms with Crippen LogP contribution in [0.4, 0.5) is 0 Å². The van der Waals surface area contributed by atoms with Crippen LogP contribution < -0.4 is 0 Å². The van der Waals surface area contributed by atoms with Crippen LogP contribution >= 0.6 is 28.7 Å². The van der Waals surface area contributed by atoms with Crippen LogP contribution in [-0.2, 0) is 0 Å². The second-order valence-electron chi connectivity index (χ2n) is 2.73. The van der Waals surface area contributed by atoms with E-state index in [0.717, 1.165) is 0 Å². The Kier molecular flexibility index (Phi) is 6.34. The maximum absolute atomic E-state index is 4.34. The molecule has 1 aromatic rings. The Bertz CT molecular complexity index is 275. The summed E-state index contributed by atoms with van der Waals surface area (Å²) in [5, 5.41) is 0. The molecular weight excluding hydrogens is 245 g/mol. The maximum atomic E-state index is 4.34. The average Bonchev–Trinajstić information content (AvgIpc) is 2.10. The molecule has 4 heteroatoms. The second-order valence-corrected chi connectivity index (χ2v) is 3.82. The molecule has 0 saturated heterocycles. The molecule has 1 radical (unpaired) electrons. The van der Waals surface area contributed by atoms with Crippen molar-refractivity contribution in [3.05, 3.63) is 33.3 Å². The van der Waals surface area contributed by atoms with Crippen LogP contribution in [0.3, 0.4) is 0 Å². The Morgan fingerprint density at radius 1 is 1.23 bits per heavy atom. The Balaban J connectivity index is 0.000000424. The van der Waals surface area contributed by atoms with Crippen LogP contribution in [-0.4, -0.2) is 7.64 Å². The molecule has 0 heterocycles. The minimum atomic E-state index is 1.20. The van der Waals surface area contributed by atoms with Crippen molar-refractivity contribution in [2.75, 3.05) is 0 Å². The fraction of sp³-hybridized carbons (Fsp3) is 0.333. The molecule has 13 heavy (non-hydrogen) atoms. The van der Waals surface area contributed by atoms with Gasteiger partial charge in [0.2, 0.25) is 0 Å². The predicted molar refractivity (Wildman–Crippen MR) is 65.5 cm³/mol. The van der Waals surface area contributed by atoms with Gasteiger partial charge < -0.3 is 0 Å². The second kappa shape index (κ2) is 6.38. The molecule has 1 nitrogen and oxygen atoms in total. The molecule has 1 aromatic carbocycles. The van der Waals surface area contributed by atoms with Gasteiger partial charge in [0, 0.05) is 4.47 Å². The molecule has 69 valence electrons. The molecule has 0 aromatic heterocycles. The summed E-state index contributed by atoms with van der Waals surface area (Å²) in [5.41, 5.74) is 4.09. The van der Waals surface area contributed by atoms with E-state index in [-0.39, 0.29) is 0 Å². The average molecular weight is 257 g/mol. The van der Waals surface area contributed by atoms with Crippen molar-refractivity contribution >= 4 is 36.4 Å². The normalized spacial score (nSPS) is 8.62. The number of rotatable bonds is 0. The molecule has 0 spiro atoms. The third-order valence-electron chi connectivity index (χ3n) is 1.99. The Morgan fingerprint density at radius 3 is 2.08 bits per heavy atom. The van der Waals surface area contributed by atoms with Crippen LogP contribution in [0.2, 0.25) is 0 Å². The van der Waals surface area contributed by atoms with Gasteiger partial charge in [-0.2, -0.15) is 0 Å². The molecular formula is C9H12BBrNS. The molecule has 0 saturated carbocycles. The van der Waals surface area contributed by atoms with Gasteiger partial charge in [-0.05, 0) is 43.5 Å². The van der Waals surface area contributed by atoms with Gasteiger partial charge >= 0.3 is 24.8 Å². The van der Waals surface area contributed by atoms with E-state index in [4.69, 9.17) is 0 Å². The zero-order chi connectivity index (χ0) is 10.4. The van der Waals surface area contributed by atoms with Crippen LogP contribution in [0.1, 0.15) is 16.7 Å². The summed E-state index contributed by atoms with van der Waals surface area (Å²) in [7, 11) is 4.34. The fourth-order valence-electron chi connectivity index (χ4n) is 0.923. The van der Waals surface area contributed by atoms with Crippen molar-refractivity contribution < 1.29 is 0 Å². The van der Waals surface area contributed by atoms with Crippen molar-refractivity contribution in [2.24, 2.45) is 4.30 Å². The van der Waals surface area contributed by atoms with Gasteiger partial charge in [0.05, 0.1) is 0 Å². The summed E-state index contributed by atoms with van der Waals surface area (Å²) in [4.78, 5) is 0. The van der Waals surface area contributed by atoms with Gasteiger partial charge in [0.25, 0.3) is 0 Å². The van der Waals surface area contributed by atoms with Crippen LogP contribution in [0.25, 0.3) is 0 Å². The summed E-state index contributed by atoms with van der Waals surface area (Å²) in [6.07, 6.45) is 0. The molecule has 0 aliphatic carbocycles. The molecule has 0 aliphatic rings. The van der Waals surface area contributed by atoms with E-state index in [9.17, 15) is 0 Å². The monoisotopic (exact) mass is 256 g/mol. The first-order valence-corrected chi connectivity index (χ1v) is 5.00. The summed E-state index contributed by atoms with van der Waals surface area (Å²) < 4.78 is 3.90. The van der Waals surface area contributed by atoms with E-state index in [2.05, 4.69) is 73.6 Å². The van der Waals surface area contributed by atoms with Gasteiger partial charge in [0.15, 0.2) is 0 Å². The standard InChI is InChI=1S/C9H11Br.BHNS/c1-6-4-5-9(10)8(3)7(6)2;1-2-3/h4-5H,1-3H3;3H. The summed E-state index contributed by atoms with van der Waals surface area (Å²) >= 11 is 6.67. The Labute approximate surface area is 94.7 Å². The van der Waals surface area contributed by atoms with Gasteiger partial charge in [-0.1, -0.05) is 22.0 Å². The van der Waals surface area contributed by atoms with Crippen molar-refractivity contribution in [2.45, 2.75) is 20.8 Å². The van der Waals surface area contributed by atoms with Crippen molar-refractivity contribution in [3.63, 3.8) is 0 Å². The van der Waals surface area contributed by atoms with E-state index in [0.29, 0.717) is 0 Å². The fourth-order valence-corrected chi connectivity index (χ4v) is 1.35. The quantitative estimate of drug-likeness (QED) is 0.539. The number of halogens is 1. The zero-order valence-electron chi connectivity index (χ0n) is 8.00. The van der Waals surface area contributed by atoms with Gasteiger partial charge in [-0.15, -0.1) is 0 Å². The van der Waals surface area contributed by atoms with E-state index in [1.54, 1.807) is 0 Å². The van der Waals surface area contributed by atoms with Crippen molar-refractivity contribution in [1.82, 2.24) is 0 Å². The Hall–Kier alpha value is -0.0851. The molecule has 0 N–H and O–H groups in total. The summed E-state index contributed by atoms with van der Waals surface area (Å²) in [5.74, 6) is 0. The Morgan fingerprint density at radius 2 is 1.69 bits per heavy atom. The molecule has 0 aliphatic heterocycles. The number of thiol groups is 1. The first-order valence-electron chi connectivity index (χ1n) is 3.81. The number of benzene rings is 1. The van der Waals surface area contributed by atoms with E-state index in [1.165, 1.54) is 21.2 Å². The zero-order valence-corrected chi connectivity index (χ0v) is 10.5. The molecule has 0 atom stereocenters. The van der Waals surface area contributed by atoms with Crippen LogP contribution in [0.15, 0.2) is 20.9 Å². The first-order chi connectivity index (χ1) is 6.04.